The smallest absolute Gasteiger partial charge is 0.331 e. The number of ether oxygens (including phenoxy) is 1. The molecule has 1 atom stereocenters. The van der Waals surface area contributed by atoms with Crippen molar-refractivity contribution < 1.29 is 9.53 Å². The van der Waals surface area contributed by atoms with E-state index in [2.05, 4.69) is 91.0 Å². The minimum Gasteiger partial charge on any atom is -0.455 e. The van der Waals surface area contributed by atoms with Crippen molar-refractivity contribution in [3.8, 4) is 0 Å². The summed E-state index contributed by atoms with van der Waals surface area (Å²) in [6, 6.07) is 0. The summed E-state index contributed by atoms with van der Waals surface area (Å²) in [5, 5.41) is 0. The van der Waals surface area contributed by atoms with Crippen molar-refractivity contribution in [1.82, 2.24) is 0 Å². The van der Waals surface area contributed by atoms with Gasteiger partial charge in [0.2, 0.25) is 0 Å². The van der Waals surface area contributed by atoms with Crippen molar-refractivity contribution in [3.05, 3.63) is 120 Å². The second-order valence-corrected chi connectivity index (χ2v) is 12.2. The van der Waals surface area contributed by atoms with Crippen molar-refractivity contribution in [2.45, 2.75) is 138 Å². The summed E-state index contributed by atoms with van der Waals surface area (Å²) >= 11 is 0. The Morgan fingerprint density at radius 2 is 1.07 bits per heavy atom. The molecule has 0 aliphatic heterocycles. The first-order chi connectivity index (χ1) is 21.2. The first kappa shape index (κ1) is 40.9. The van der Waals surface area contributed by atoms with Gasteiger partial charge in [-0.1, -0.05) is 153 Å². The Kier molecular flexibility index (Phi) is 27.8. The van der Waals surface area contributed by atoms with Crippen LogP contribution in [-0.2, 0) is 9.53 Å². The number of carbonyl (C=O) groups excluding carboxylic acids is 1. The fourth-order valence-corrected chi connectivity index (χ4v) is 4.38. The quantitative estimate of drug-likeness (QED) is 0.0362. The summed E-state index contributed by atoms with van der Waals surface area (Å²) in [4.78, 5) is 12.6. The number of hydrogen-bond donors (Lipinski definition) is 0. The molecular formula is C42H64O2. The standard InChI is InChI=1S/C42H64O2/c1-8-9-10-11-12-13-14-15-16-17-18-19-20-21-22-23-24-25-26-33-42(43)44-41(36-40(7)32-28-30-38(4)5)35-34-39(6)31-27-29-37(2)3/h16-26,29-30,33-34,36,41H,8-15,27-28,31-32,35H2,1-7H3. The van der Waals surface area contributed by atoms with Crippen molar-refractivity contribution in [2.24, 2.45) is 0 Å². The summed E-state index contributed by atoms with van der Waals surface area (Å²) < 4.78 is 5.83. The lowest BCUT2D eigenvalue weighted by Crippen LogP contribution is -2.14. The van der Waals surface area contributed by atoms with Gasteiger partial charge in [-0.05, 0) is 86.1 Å². The Bertz CT molecular complexity index is 1040. The summed E-state index contributed by atoms with van der Waals surface area (Å²) in [6.45, 7) is 15.0. The minimum absolute atomic E-state index is 0.269. The van der Waals surface area contributed by atoms with Crippen LogP contribution < -0.4 is 0 Å². The van der Waals surface area contributed by atoms with Gasteiger partial charge in [0.15, 0.2) is 0 Å². The molecule has 244 valence electrons. The van der Waals surface area contributed by atoms with Gasteiger partial charge >= 0.3 is 5.97 Å². The van der Waals surface area contributed by atoms with Crippen LogP contribution in [0, 0.1) is 0 Å². The SMILES string of the molecule is CCCCCCCCCC=CC=CC=CC=CC=CC=CC(=O)OC(C=C(C)CCC=C(C)C)CC=C(C)CCC=C(C)C. The maximum absolute atomic E-state index is 12.6. The molecule has 0 radical (unpaired) electrons. The van der Waals surface area contributed by atoms with E-state index in [9.17, 15) is 4.79 Å². The molecule has 0 aromatic carbocycles. The zero-order valence-electron chi connectivity index (χ0n) is 29.3. The first-order valence-corrected chi connectivity index (χ1v) is 17.0. The van der Waals surface area contributed by atoms with Crippen molar-refractivity contribution in [2.75, 3.05) is 0 Å². The maximum atomic E-state index is 12.6. The highest BCUT2D eigenvalue weighted by molar-refractivity contribution is 5.82. The van der Waals surface area contributed by atoms with Gasteiger partial charge in [-0.3, -0.25) is 0 Å². The van der Waals surface area contributed by atoms with Gasteiger partial charge in [0.1, 0.15) is 6.10 Å². The molecule has 0 saturated carbocycles. The molecule has 0 bridgehead atoms. The van der Waals surface area contributed by atoms with Gasteiger partial charge in [-0.15, -0.1) is 0 Å². The van der Waals surface area contributed by atoms with E-state index in [4.69, 9.17) is 4.74 Å². The second kappa shape index (κ2) is 29.9. The Balaban J connectivity index is 4.67. The van der Waals surface area contributed by atoms with Crippen LogP contribution in [0.2, 0.25) is 0 Å². The monoisotopic (exact) mass is 600 g/mol. The largest absolute Gasteiger partial charge is 0.455 e. The number of carbonyl (C=O) groups is 1. The normalized spacial score (nSPS) is 13.8. The molecule has 0 N–H and O–H groups in total. The van der Waals surface area contributed by atoms with E-state index in [-0.39, 0.29) is 12.1 Å². The first-order valence-electron chi connectivity index (χ1n) is 17.0. The topological polar surface area (TPSA) is 26.3 Å². The number of allylic oxidation sites excluding steroid dienone is 17. The molecule has 44 heavy (non-hydrogen) atoms. The number of esters is 1. The second-order valence-electron chi connectivity index (χ2n) is 12.2. The van der Waals surface area contributed by atoms with Crippen molar-refractivity contribution in [3.63, 3.8) is 0 Å². The molecule has 0 amide bonds. The number of hydrogen-bond acceptors (Lipinski definition) is 2. The Morgan fingerprint density at radius 1 is 0.568 bits per heavy atom. The third-order valence-corrected chi connectivity index (χ3v) is 6.96. The van der Waals surface area contributed by atoms with E-state index in [0.717, 1.165) is 32.1 Å². The number of unbranched alkanes of at least 4 members (excludes halogenated alkanes) is 7. The van der Waals surface area contributed by atoms with Crippen LogP contribution in [0.15, 0.2) is 120 Å². The third-order valence-electron chi connectivity index (χ3n) is 6.96. The lowest BCUT2D eigenvalue weighted by Gasteiger charge is -2.14. The summed E-state index contributed by atoms with van der Waals surface area (Å²) in [5.41, 5.74) is 5.24. The highest BCUT2D eigenvalue weighted by Gasteiger charge is 2.09. The van der Waals surface area contributed by atoms with E-state index < -0.39 is 0 Å². The fourth-order valence-electron chi connectivity index (χ4n) is 4.38. The predicted molar refractivity (Wildman–Crippen MR) is 197 cm³/mol. The van der Waals surface area contributed by atoms with E-state index in [0.29, 0.717) is 6.42 Å². The van der Waals surface area contributed by atoms with Crippen LogP contribution in [0.25, 0.3) is 0 Å². The zero-order valence-corrected chi connectivity index (χ0v) is 29.3. The number of rotatable bonds is 24. The van der Waals surface area contributed by atoms with Gasteiger partial charge in [0.25, 0.3) is 0 Å². The van der Waals surface area contributed by atoms with E-state index in [1.54, 1.807) is 6.08 Å². The molecule has 0 fully saturated rings. The van der Waals surface area contributed by atoms with Crippen LogP contribution in [0.1, 0.15) is 132 Å². The lowest BCUT2D eigenvalue weighted by molar-refractivity contribution is -0.140. The minimum atomic E-state index is -0.322. The van der Waals surface area contributed by atoms with Crippen LogP contribution >= 0.6 is 0 Å². The maximum Gasteiger partial charge on any atom is 0.331 e. The summed E-state index contributed by atoms with van der Waals surface area (Å²) in [7, 11) is 0. The average Bonchev–Trinajstić information content (AvgIpc) is 2.96. The van der Waals surface area contributed by atoms with E-state index in [1.807, 2.05) is 42.5 Å². The van der Waals surface area contributed by atoms with Crippen molar-refractivity contribution >= 4 is 5.97 Å². The molecule has 0 saturated heterocycles. The molecular weight excluding hydrogens is 536 g/mol. The zero-order chi connectivity index (χ0) is 32.7. The van der Waals surface area contributed by atoms with Gasteiger partial charge < -0.3 is 4.74 Å². The molecule has 2 nitrogen and oxygen atoms in total. The highest BCUT2D eigenvalue weighted by atomic mass is 16.5. The predicted octanol–water partition coefficient (Wildman–Crippen LogP) is 13.2. The molecule has 0 aromatic rings. The van der Waals surface area contributed by atoms with E-state index >= 15 is 0 Å². The summed E-state index contributed by atoms with van der Waals surface area (Å²) in [5.74, 6) is -0.322. The van der Waals surface area contributed by atoms with Crippen LogP contribution in [0.5, 0.6) is 0 Å². The average molecular weight is 601 g/mol. The molecule has 0 aliphatic rings. The van der Waals surface area contributed by atoms with Gasteiger partial charge in [0, 0.05) is 12.5 Å². The summed E-state index contributed by atoms with van der Waals surface area (Å²) in [6.07, 6.45) is 47.3. The van der Waals surface area contributed by atoms with Gasteiger partial charge in [0.05, 0.1) is 0 Å². The van der Waals surface area contributed by atoms with Crippen molar-refractivity contribution in [1.29, 1.82) is 0 Å². The van der Waals surface area contributed by atoms with Gasteiger partial charge in [-0.25, -0.2) is 4.79 Å². The highest BCUT2D eigenvalue weighted by Crippen LogP contribution is 2.15. The molecule has 0 rings (SSSR count). The van der Waals surface area contributed by atoms with E-state index in [1.165, 1.54) is 73.3 Å². The Hall–Kier alpha value is -3.13. The molecule has 0 heterocycles. The Labute approximate surface area is 272 Å². The molecule has 1 unspecified atom stereocenters. The third kappa shape index (κ3) is 30.3. The van der Waals surface area contributed by atoms with Crippen LogP contribution in [-0.4, -0.2) is 12.1 Å². The molecule has 0 aliphatic carbocycles. The molecule has 2 heteroatoms. The lowest BCUT2D eigenvalue weighted by atomic mass is 10.0. The van der Waals surface area contributed by atoms with Crippen LogP contribution in [0.4, 0.5) is 0 Å². The fraction of sp³-hybridized carbons (Fsp3) is 0.500. The molecule has 0 spiro atoms. The van der Waals surface area contributed by atoms with Gasteiger partial charge in [-0.2, -0.15) is 0 Å². The van der Waals surface area contributed by atoms with Crippen LogP contribution in [0.3, 0.4) is 0 Å². The Morgan fingerprint density at radius 3 is 1.64 bits per heavy atom. The molecule has 0 aromatic heterocycles.